The predicted molar refractivity (Wildman–Crippen MR) is 55.4 cm³/mol. The Morgan fingerprint density at radius 3 is 2.57 bits per heavy atom. The number of rotatable bonds is 2. The number of benzene rings is 1. The molecule has 4 N–H and O–H groups in total. The Kier molecular flexibility index (Phi) is 3.13. The van der Waals surface area contributed by atoms with Crippen LogP contribution in [-0.4, -0.2) is 16.2 Å². The second kappa shape index (κ2) is 3.98. The van der Waals surface area contributed by atoms with Gasteiger partial charge in [0.1, 0.15) is 11.3 Å². The SMILES string of the molecule is C[C@H](N)c1cc(Br)cc(C(=O)O)c1O. The van der Waals surface area contributed by atoms with E-state index in [0.29, 0.717) is 10.0 Å². The Morgan fingerprint density at radius 1 is 1.57 bits per heavy atom. The molecule has 0 saturated carbocycles. The van der Waals surface area contributed by atoms with E-state index in [9.17, 15) is 9.90 Å². The minimum Gasteiger partial charge on any atom is -0.507 e. The maximum atomic E-state index is 10.7. The van der Waals surface area contributed by atoms with Gasteiger partial charge in [-0.05, 0) is 19.1 Å². The number of halogens is 1. The normalized spacial score (nSPS) is 12.5. The summed E-state index contributed by atoms with van der Waals surface area (Å²) in [7, 11) is 0. The van der Waals surface area contributed by atoms with Gasteiger partial charge < -0.3 is 15.9 Å². The summed E-state index contributed by atoms with van der Waals surface area (Å²) in [4.78, 5) is 10.7. The summed E-state index contributed by atoms with van der Waals surface area (Å²) < 4.78 is 0.583. The second-order valence-corrected chi connectivity index (χ2v) is 3.90. The topological polar surface area (TPSA) is 83.6 Å². The first-order valence-corrected chi connectivity index (χ1v) is 4.74. The van der Waals surface area contributed by atoms with Crippen LogP contribution in [0.4, 0.5) is 0 Å². The standard InChI is InChI=1S/C9H10BrNO3/c1-4(11)6-2-5(10)3-7(8(6)12)9(13)14/h2-4,12H,11H2,1H3,(H,13,14)/t4-/m0/s1. The number of carbonyl (C=O) groups is 1. The molecule has 5 heteroatoms. The number of nitrogens with two attached hydrogens (primary N) is 1. The third kappa shape index (κ3) is 2.05. The molecule has 76 valence electrons. The van der Waals surface area contributed by atoms with Gasteiger partial charge in [0.05, 0.1) is 0 Å². The molecular formula is C9H10BrNO3. The largest absolute Gasteiger partial charge is 0.507 e. The summed E-state index contributed by atoms with van der Waals surface area (Å²) >= 11 is 3.15. The zero-order valence-electron chi connectivity index (χ0n) is 7.49. The van der Waals surface area contributed by atoms with E-state index in [-0.39, 0.29) is 11.3 Å². The second-order valence-electron chi connectivity index (χ2n) is 2.99. The highest BCUT2D eigenvalue weighted by atomic mass is 79.9. The molecule has 0 spiro atoms. The molecule has 0 radical (unpaired) electrons. The van der Waals surface area contributed by atoms with Crippen molar-refractivity contribution >= 4 is 21.9 Å². The van der Waals surface area contributed by atoms with Gasteiger partial charge in [-0.1, -0.05) is 15.9 Å². The van der Waals surface area contributed by atoms with Crippen LogP contribution in [0.3, 0.4) is 0 Å². The number of aromatic hydroxyl groups is 1. The van der Waals surface area contributed by atoms with Crippen molar-refractivity contribution in [1.29, 1.82) is 0 Å². The Labute approximate surface area is 89.5 Å². The van der Waals surface area contributed by atoms with E-state index in [0.717, 1.165) is 0 Å². The summed E-state index contributed by atoms with van der Waals surface area (Å²) in [5.41, 5.74) is 5.85. The van der Waals surface area contributed by atoms with Crippen molar-refractivity contribution in [2.45, 2.75) is 13.0 Å². The zero-order valence-corrected chi connectivity index (χ0v) is 9.08. The van der Waals surface area contributed by atoms with Gasteiger partial charge >= 0.3 is 5.97 Å². The maximum Gasteiger partial charge on any atom is 0.339 e. The van der Waals surface area contributed by atoms with Gasteiger partial charge in [0, 0.05) is 16.1 Å². The third-order valence-electron chi connectivity index (χ3n) is 1.83. The molecule has 0 saturated heterocycles. The lowest BCUT2D eigenvalue weighted by Crippen LogP contribution is -2.08. The van der Waals surface area contributed by atoms with Crippen molar-refractivity contribution in [3.05, 3.63) is 27.7 Å². The minimum absolute atomic E-state index is 0.147. The minimum atomic E-state index is -1.18. The molecule has 1 aromatic carbocycles. The van der Waals surface area contributed by atoms with Gasteiger partial charge in [-0.25, -0.2) is 4.79 Å². The van der Waals surface area contributed by atoms with Crippen LogP contribution in [0.25, 0.3) is 0 Å². The molecule has 4 nitrogen and oxygen atoms in total. The molecule has 1 atom stereocenters. The highest BCUT2D eigenvalue weighted by Gasteiger charge is 2.16. The highest BCUT2D eigenvalue weighted by Crippen LogP contribution is 2.30. The van der Waals surface area contributed by atoms with E-state index in [1.807, 2.05) is 0 Å². The molecule has 0 unspecified atom stereocenters. The van der Waals surface area contributed by atoms with Crippen LogP contribution < -0.4 is 5.73 Å². The number of hydrogen-bond acceptors (Lipinski definition) is 3. The summed E-state index contributed by atoms with van der Waals surface area (Å²) in [6.07, 6.45) is 0. The molecule has 0 aromatic heterocycles. The van der Waals surface area contributed by atoms with Gasteiger partial charge in [0.2, 0.25) is 0 Å². The molecule has 0 aliphatic heterocycles. The van der Waals surface area contributed by atoms with Crippen molar-refractivity contribution < 1.29 is 15.0 Å². The van der Waals surface area contributed by atoms with Crippen molar-refractivity contribution in [3.63, 3.8) is 0 Å². The molecule has 0 aliphatic rings. The molecule has 14 heavy (non-hydrogen) atoms. The monoisotopic (exact) mass is 259 g/mol. The van der Waals surface area contributed by atoms with Gasteiger partial charge in [-0.2, -0.15) is 0 Å². The smallest absolute Gasteiger partial charge is 0.339 e. The van der Waals surface area contributed by atoms with Crippen LogP contribution >= 0.6 is 15.9 Å². The van der Waals surface area contributed by atoms with E-state index in [1.165, 1.54) is 6.07 Å². The Bertz CT molecular complexity index is 377. The van der Waals surface area contributed by atoms with Crippen LogP contribution in [0, 0.1) is 0 Å². The fourth-order valence-corrected chi connectivity index (χ4v) is 1.61. The molecule has 0 fully saturated rings. The lowest BCUT2D eigenvalue weighted by Gasteiger charge is -2.11. The Balaban J connectivity index is 3.40. The van der Waals surface area contributed by atoms with Crippen molar-refractivity contribution in [1.82, 2.24) is 0 Å². The third-order valence-corrected chi connectivity index (χ3v) is 2.28. The summed E-state index contributed by atoms with van der Waals surface area (Å²) in [6.45, 7) is 1.67. The van der Waals surface area contributed by atoms with Crippen molar-refractivity contribution in [3.8, 4) is 5.75 Å². The van der Waals surface area contributed by atoms with Crippen LogP contribution in [0.5, 0.6) is 5.75 Å². The number of carboxylic acid groups (broad SMARTS) is 1. The van der Waals surface area contributed by atoms with Gasteiger partial charge in [0.25, 0.3) is 0 Å². The van der Waals surface area contributed by atoms with E-state index >= 15 is 0 Å². The molecule has 0 aliphatic carbocycles. The van der Waals surface area contributed by atoms with Gasteiger partial charge in [-0.3, -0.25) is 0 Å². The number of aromatic carboxylic acids is 1. The first-order chi connectivity index (χ1) is 6.43. The molecule has 1 aromatic rings. The molecule has 0 heterocycles. The summed E-state index contributed by atoms with van der Waals surface area (Å²) in [6, 6.07) is 2.53. The van der Waals surface area contributed by atoms with Gasteiger partial charge in [-0.15, -0.1) is 0 Å². The van der Waals surface area contributed by atoms with E-state index in [1.54, 1.807) is 13.0 Å². The van der Waals surface area contributed by atoms with Crippen molar-refractivity contribution in [2.24, 2.45) is 5.73 Å². The van der Waals surface area contributed by atoms with Crippen molar-refractivity contribution in [2.75, 3.05) is 0 Å². The lowest BCUT2D eigenvalue weighted by atomic mass is 10.0. The molecular weight excluding hydrogens is 250 g/mol. The first kappa shape index (κ1) is 11.0. The average molecular weight is 260 g/mol. The van der Waals surface area contributed by atoms with Crippen LogP contribution in [0.15, 0.2) is 16.6 Å². The van der Waals surface area contributed by atoms with Crippen LogP contribution in [0.1, 0.15) is 28.9 Å². The van der Waals surface area contributed by atoms with E-state index in [2.05, 4.69) is 15.9 Å². The number of hydrogen-bond donors (Lipinski definition) is 3. The summed E-state index contributed by atoms with van der Waals surface area (Å²) in [5, 5.41) is 18.3. The van der Waals surface area contributed by atoms with Gasteiger partial charge in [0.15, 0.2) is 0 Å². The first-order valence-electron chi connectivity index (χ1n) is 3.94. The molecule has 0 bridgehead atoms. The zero-order chi connectivity index (χ0) is 10.9. The summed E-state index contributed by atoms with van der Waals surface area (Å²) in [5.74, 6) is -1.44. The number of carboxylic acids is 1. The number of phenols is 1. The fraction of sp³-hybridized carbons (Fsp3) is 0.222. The Morgan fingerprint density at radius 2 is 2.14 bits per heavy atom. The fourth-order valence-electron chi connectivity index (χ4n) is 1.13. The molecule has 1 rings (SSSR count). The van der Waals surface area contributed by atoms with E-state index < -0.39 is 12.0 Å². The maximum absolute atomic E-state index is 10.7. The Hall–Kier alpha value is -1.07. The molecule has 0 amide bonds. The van der Waals surface area contributed by atoms with E-state index in [4.69, 9.17) is 10.8 Å². The predicted octanol–water partition coefficient (Wildman–Crippen LogP) is 1.87. The quantitative estimate of drug-likeness (QED) is 0.757. The average Bonchev–Trinajstić information content (AvgIpc) is 2.07. The lowest BCUT2D eigenvalue weighted by molar-refractivity contribution is 0.0693. The highest BCUT2D eigenvalue weighted by molar-refractivity contribution is 9.10. The van der Waals surface area contributed by atoms with Crippen LogP contribution in [-0.2, 0) is 0 Å². The van der Waals surface area contributed by atoms with Crippen LogP contribution in [0.2, 0.25) is 0 Å².